The predicted molar refractivity (Wildman–Crippen MR) is 68.2 cm³/mol. The number of aliphatic hydroxyl groups excluding tert-OH is 1. The fraction of sp³-hybridized carbons (Fsp3) is 0.571. The molecule has 0 saturated carbocycles. The Bertz CT molecular complexity index is 311. The number of hydrogen-bond donors (Lipinski definition) is 2. The Morgan fingerprint density at radius 3 is 2.82 bits per heavy atom. The van der Waals surface area contributed by atoms with Crippen LogP contribution in [-0.4, -0.2) is 18.3 Å². The molecule has 0 spiro atoms. The van der Waals surface area contributed by atoms with Gasteiger partial charge >= 0.3 is 0 Å². The van der Waals surface area contributed by atoms with Crippen LogP contribution < -0.4 is 5.32 Å². The topological polar surface area (TPSA) is 32.3 Å². The van der Waals surface area contributed by atoms with Gasteiger partial charge in [-0.2, -0.15) is 0 Å². The summed E-state index contributed by atoms with van der Waals surface area (Å²) in [7, 11) is 0. The van der Waals surface area contributed by atoms with Crippen LogP contribution in [0, 0.1) is 11.7 Å². The molecule has 2 nitrogen and oxygen atoms in total. The van der Waals surface area contributed by atoms with Crippen LogP contribution in [0.3, 0.4) is 0 Å². The van der Waals surface area contributed by atoms with E-state index in [1.807, 2.05) is 6.07 Å². The Morgan fingerprint density at radius 2 is 2.18 bits per heavy atom. The molecule has 0 aliphatic carbocycles. The minimum atomic E-state index is -0.190. The van der Waals surface area contributed by atoms with Crippen molar-refractivity contribution in [1.82, 2.24) is 5.32 Å². The standard InChI is InChI=1S/C14H22FNO/c1-2-4-12(7-8-17)10-16-11-13-5-3-6-14(15)9-13/h3,5-6,9,12,16-17H,2,4,7-8,10-11H2,1H3. The quantitative estimate of drug-likeness (QED) is 0.731. The molecule has 0 amide bonds. The zero-order valence-electron chi connectivity index (χ0n) is 10.5. The van der Waals surface area contributed by atoms with E-state index < -0.39 is 0 Å². The SMILES string of the molecule is CCCC(CCO)CNCc1cccc(F)c1. The number of halogens is 1. The number of nitrogens with one attached hydrogen (secondary N) is 1. The van der Waals surface area contributed by atoms with Crippen molar-refractivity contribution in [1.29, 1.82) is 0 Å². The molecular formula is C14H22FNO. The third-order valence-corrected chi connectivity index (χ3v) is 2.89. The third kappa shape index (κ3) is 5.80. The summed E-state index contributed by atoms with van der Waals surface area (Å²) in [5.74, 6) is 0.323. The van der Waals surface area contributed by atoms with Gasteiger partial charge < -0.3 is 10.4 Å². The Morgan fingerprint density at radius 1 is 1.35 bits per heavy atom. The van der Waals surface area contributed by atoms with E-state index in [1.54, 1.807) is 12.1 Å². The molecular weight excluding hydrogens is 217 g/mol. The molecule has 96 valence electrons. The van der Waals surface area contributed by atoms with E-state index in [1.165, 1.54) is 6.07 Å². The summed E-state index contributed by atoms with van der Waals surface area (Å²) >= 11 is 0. The smallest absolute Gasteiger partial charge is 0.123 e. The fourth-order valence-electron chi connectivity index (χ4n) is 2.01. The van der Waals surface area contributed by atoms with Gasteiger partial charge in [0.05, 0.1) is 0 Å². The van der Waals surface area contributed by atoms with Crippen LogP contribution in [0.25, 0.3) is 0 Å². The monoisotopic (exact) mass is 239 g/mol. The first-order chi connectivity index (χ1) is 8.26. The zero-order valence-corrected chi connectivity index (χ0v) is 10.5. The van der Waals surface area contributed by atoms with Crippen molar-refractivity contribution in [2.45, 2.75) is 32.7 Å². The van der Waals surface area contributed by atoms with Crippen LogP contribution in [0.5, 0.6) is 0 Å². The Kier molecular flexibility index (Phi) is 6.82. The summed E-state index contributed by atoms with van der Waals surface area (Å²) < 4.78 is 12.9. The Hall–Kier alpha value is -0.930. The third-order valence-electron chi connectivity index (χ3n) is 2.89. The zero-order chi connectivity index (χ0) is 12.5. The number of benzene rings is 1. The summed E-state index contributed by atoms with van der Waals surface area (Å²) in [6.45, 7) is 3.96. The van der Waals surface area contributed by atoms with Crippen molar-refractivity contribution in [2.75, 3.05) is 13.2 Å². The molecule has 1 aromatic carbocycles. The lowest BCUT2D eigenvalue weighted by molar-refractivity contribution is 0.248. The normalized spacial score (nSPS) is 12.6. The molecule has 2 N–H and O–H groups in total. The first kappa shape index (κ1) is 14.1. The average molecular weight is 239 g/mol. The van der Waals surface area contributed by atoms with Crippen molar-refractivity contribution in [3.05, 3.63) is 35.6 Å². The van der Waals surface area contributed by atoms with E-state index in [9.17, 15) is 4.39 Å². The molecule has 0 saturated heterocycles. The Labute approximate surface area is 103 Å². The van der Waals surface area contributed by atoms with Gasteiger partial charge in [-0.15, -0.1) is 0 Å². The molecule has 0 bridgehead atoms. The largest absolute Gasteiger partial charge is 0.396 e. The van der Waals surface area contributed by atoms with Crippen molar-refractivity contribution in [2.24, 2.45) is 5.92 Å². The van der Waals surface area contributed by atoms with Crippen molar-refractivity contribution >= 4 is 0 Å². The maximum atomic E-state index is 12.9. The highest BCUT2D eigenvalue weighted by Crippen LogP contribution is 2.10. The molecule has 17 heavy (non-hydrogen) atoms. The highest BCUT2D eigenvalue weighted by molar-refractivity contribution is 5.15. The average Bonchev–Trinajstić information content (AvgIpc) is 2.30. The molecule has 0 aromatic heterocycles. The molecule has 1 rings (SSSR count). The van der Waals surface area contributed by atoms with E-state index in [4.69, 9.17) is 5.11 Å². The molecule has 1 unspecified atom stereocenters. The maximum absolute atomic E-state index is 12.9. The van der Waals surface area contributed by atoms with Crippen LogP contribution in [0.1, 0.15) is 31.7 Å². The van der Waals surface area contributed by atoms with Gasteiger partial charge in [0, 0.05) is 13.2 Å². The highest BCUT2D eigenvalue weighted by atomic mass is 19.1. The molecule has 0 fully saturated rings. The summed E-state index contributed by atoms with van der Waals surface area (Å²) in [5.41, 5.74) is 0.962. The maximum Gasteiger partial charge on any atom is 0.123 e. The van der Waals surface area contributed by atoms with Gasteiger partial charge in [-0.25, -0.2) is 4.39 Å². The van der Waals surface area contributed by atoms with E-state index in [0.717, 1.165) is 31.4 Å². The van der Waals surface area contributed by atoms with E-state index in [2.05, 4.69) is 12.2 Å². The second-order valence-corrected chi connectivity index (χ2v) is 4.43. The minimum absolute atomic E-state index is 0.190. The first-order valence-electron chi connectivity index (χ1n) is 6.32. The molecule has 0 aliphatic heterocycles. The summed E-state index contributed by atoms with van der Waals surface area (Å²) in [5, 5.41) is 12.3. The number of aliphatic hydroxyl groups is 1. The van der Waals surface area contributed by atoms with Crippen LogP contribution in [0.2, 0.25) is 0 Å². The summed E-state index contributed by atoms with van der Waals surface area (Å²) in [6, 6.07) is 6.64. The summed E-state index contributed by atoms with van der Waals surface area (Å²) in [4.78, 5) is 0. The van der Waals surface area contributed by atoms with Crippen LogP contribution in [0.15, 0.2) is 24.3 Å². The van der Waals surface area contributed by atoms with E-state index in [0.29, 0.717) is 12.5 Å². The molecule has 0 aliphatic rings. The van der Waals surface area contributed by atoms with E-state index in [-0.39, 0.29) is 12.4 Å². The first-order valence-corrected chi connectivity index (χ1v) is 6.32. The molecule has 0 radical (unpaired) electrons. The molecule has 3 heteroatoms. The van der Waals surface area contributed by atoms with Gasteiger partial charge in [-0.3, -0.25) is 0 Å². The molecule has 1 aromatic rings. The lowest BCUT2D eigenvalue weighted by Gasteiger charge is -2.15. The van der Waals surface area contributed by atoms with Crippen molar-refractivity contribution in [3.8, 4) is 0 Å². The summed E-state index contributed by atoms with van der Waals surface area (Å²) in [6.07, 6.45) is 3.09. The van der Waals surface area contributed by atoms with Gasteiger partial charge in [-0.05, 0) is 43.0 Å². The fourth-order valence-corrected chi connectivity index (χ4v) is 2.01. The Balaban J connectivity index is 2.30. The molecule has 1 atom stereocenters. The lowest BCUT2D eigenvalue weighted by atomic mass is 10.0. The second kappa shape index (κ2) is 8.20. The van der Waals surface area contributed by atoms with Crippen molar-refractivity contribution in [3.63, 3.8) is 0 Å². The van der Waals surface area contributed by atoms with Crippen LogP contribution >= 0.6 is 0 Å². The predicted octanol–water partition coefficient (Wildman–Crippen LogP) is 2.71. The van der Waals surface area contributed by atoms with Crippen molar-refractivity contribution < 1.29 is 9.50 Å². The van der Waals surface area contributed by atoms with Crippen LogP contribution in [0.4, 0.5) is 4.39 Å². The highest BCUT2D eigenvalue weighted by Gasteiger charge is 2.06. The molecule has 0 heterocycles. The van der Waals surface area contributed by atoms with Gasteiger partial charge in [-0.1, -0.05) is 25.5 Å². The van der Waals surface area contributed by atoms with Gasteiger partial charge in [0.2, 0.25) is 0 Å². The van der Waals surface area contributed by atoms with E-state index >= 15 is 0 Å². The second-order valence-electron chi connectivity index (χ2n) is 4.43. The lowest BCUT2D eigenvalue weighted by Crippen LogP contribution is -2.23. The number of hydrogen-bond acceptors (Lipinski definition) is 2. The minimum Gasteiger partial charge on any atom is -0.396 e. The van der Waals surface area contributed by atoms with Gasteiger partial charge in [0.25, 0.3) is 0 Å². The van der Waals surface area contributed by atoms with Gasteiger partial charge in [0.1, 0.15) is 5.82 Å². The number of rotatable bonds is 8. The van der Waals surface area contributed by atoms with Crippen LogP contribution in [-0.2, 0) is 6.54 Å². The van der Waals surface area contributed by atoms with Gasteiger partial charge in [0.15, 0.2) is 0 Å².